The van der Waals surface area contributed by atoms with Crippen molar-refractivity contribution in [2.45, 2.75) is 25.3 Å². The monoisotopic (exact) mass is 377 g/mol. The van der Waals surface area contributed by atoms with E-state index in [4.69, 9.17) is 4.74 Å². The summed E-state index contributed by atoms with van der Waals surface area (Å²) in [5, 5.41) is 2.07. The molecule has 3 rings (SSSR count). The van der Waals surface area contributed by atoms with E-state index in [-0.39, 0.29) is 11.8 Å². The number of hydrogen-bond donors (Lipinski definition) is 0. The van der Waals surface area contributed by atoms with E-state index in [9.17, 15) is 4.79 Å². The molecular formula is C18H27N5O2S. The van der Waals surface area contributed by atoms with Crippen molar-refractivity contribution in [1.29, 1.82) is 0 Å². The van der Waals surface area contributed by atoms with Gasteiger partial charge in [-0.3, -0.25) is 9.69 Å². The van der Waals surface area contributed by atoms with Crippen molar-refractivity contribution in [1.82, 2.24) is 24.3 Å². The molecule has 1 atom stereocenters. The highest BCUT2D eigenvalue weighted by atomic mass is 32.1. The lowest BCUT2D eigenvalue weighted by Gasteiger charge is -2.33. The average Bonchev–Trinajstić information content (AvgIpc) is 3.32. The summed E-state index contributed by atoms with van der Waals surface area (Å²) >= 11 is 1.61. The van der Waals surface area contributed by atoms with Crippen molar-refractivity contribution in [2.24, 2.45) is 0 Å². The number of aromatic nitrogens is 3. The Kier molecular flexibility index (Phi) is 6.76. The summed E-state index contributed by atoms with van der Waals surface area (Å²) in [7, 11) is 3.64. The van der Waals surface area contributed by atoms with Crippen molar-refractivity contribution in [3.8, 4) is 0 Å². The van der Waals surface area contributed by atoms with Crippen LogP contribution in [-0.2, 0) is 16.1 Å². The molecule has 142 valence electrons. The first-order chi connectivity index (χ1) is 12.7. The zero-order chi connectivity index (χ0) is 18.4. The number of hydrogen-bond acceptors (Lipinski definition) is 6. The molecule has 0 saturated carbocycles. The maximum Gasteiger partial charge on any atom is 0.236 e. The average molecular weight is 378 g/mol. The van der Waals surface area contributed by atoms with E-state index in [1.165, 1.54) is 0 Å². The van der Waals surface area contributed by atoms with Crippen molar-refractivity contribution >= 4 is 17.2 Å². The van der Waals surface area contributed by atoms with Crippen LogP contribution in [0.2, 0.25) is 0 Å². The first-order valence-electron chi connectivity index (χ1n) is 9.00. The molecule has 0 unspecified atom stereocenters. The lowest BCUT2D eigenvalue weighted by molar-refractivity contribution is -0.133. The molecule has 0 N–H and O–H groups in total. The number of nitrogens with zero attached hydrogens (tertiary/aromatic N) is 5. The Bertz CT molecular complexity index is 688. The van der Waals surface area contributed by atoms with Crippen molar-refractivity contribution in [3.05, 3.63) is 34.8 Å². The molecule has 2 aromatic heterocycles. The van der Waals surface area contributed by atoms with Crippen LogP contribution in [0.1, 0.15) is 30.3 Å². The zero-order valence-electron chi connectivity index (χ0n) is 15.5. The minimum Gasteiger partial charge on any atom is -0.383 e. The van der Waals surface area contributed by atoms with E-state index in [0.717, 1.165) is 50.5 Å². The largest absolute Gasteiger partial charge is 0.383 e. The standard InChI is InChI=1S/C18H27N5O2S/c1-21(8-9-25-2)12-17(24)22-6-3-4-15(10-22)18-19-5-7-23(18)11-16-13-26-14-20-16/h5,7,13-15H,3-4,6,8-12H2,1-2H3/t15-/m1/s1. The topological polar surface area (TPSA) is 63.5 Å². The van der Waals surface area contributed by atoms with Crippen molar-refractivity contribution < 1.29 is 9.53 Å². The number of carbonyl (C=O) groups excluding carboxylic acids is 1. The van der Waals surface area contributed by atoms with Crippen LogP contribution in [-0.4, -0.2) is 77.2 Å². The van der Waals surface area contributed by atoms with Crippen LogP contribution in [0.3, 0.4) is 0 Å². The van der Waals surface area contributed by atoms with Gasteiger partial charge in [0.1, 0.15) is 5.82 Å². The highest BCUT2D eigenvalue weighted by Gasteiger charge is 2.27. The van der Waals surface area contributed by atoms with Crippen molar-refractivity contribution in [3.63, 3.8) is 0 Å². The van der Waals surface area contributed by atoms with Gasteiger partial charge in [0.05, 0.1) is 30.9 Å². The van der Waals surface area contributed by atoms with Gasteiger partial charge in [-0.15, -0.1) is 11.3 Å². The molecule has 0 spiro atoms. The molecule has 1 saturated heterocycles. The lowest BCUT2D eigenvalue weighted by atomic mass is 9.97. The van der Waals surface area contributed by atoms with Crippen molar-refractivity contribution in [2.75, 3.05) is 46.9 Å². The van der Waals surface area contributed by atoms with Gasteiger partial charge < -0.3 is 14.2 Å². The van der Waals surface area contributed by atoms with Gasteiger partial charge in [-0.1, -0.05) is 0 Å². The smallest absolute Gasteiger partial charge is 0.236 e. The van der Waals surface area contributed by atoms with Crippen LogP contribution < -0.4 is 0 Å². The number of amides is 1. The van der Waals surface area contributed by atoms with Gasteiger partial charge in [-0.25, -0.2) is 9.97 Å². The van der Waals surface area contributed by atoms with E-state index >= 15 is 0 Å². The van der Waals surface area contributed by atoms with Gasteiger partial charge >= 0.3 is 0 Å². The summed E-state index contributed by atoms with van der Waals surface area (Å²) in [4.78, 5) is 25.6. The number of piperidine rings is 1. The Labute approximate surface area is 158 Å². The van der Waals surface area contributed by atoms with Gasteiger partial charge in [0.25, 0.3) is 0 Å². The van der Waals surface area contributed by atoms with Gasteiger partial charge in [0.15, 0.2) is 0 Å². The van der Waals surface area contributed by atoms with Gasteiger partial charge in [0, 0.05) is 50.4 Å². The molecule has 7 nitrogen and oxygen atoms in total. The molecular weight excluding hydrogens is 350 g/mol. The normalized spacial score (nSPS) is 17.8. The number of methoxy groups -OCH3 is 1. The zero-order valence-corrected chi connectivity index (χ0v) is 16.3. The van der Waals surface area contributed by atoms with E-state index in [1.54, 1.807) is 18.4 Å². The second-order valence-corrected chi connectivity index (χ2v) is 7.52. The van der Waals surface area contributed by atoms with E-state index in [1.807, 2.05) is 34.8 Å². The summed E-state index contributed by atoms with van der Waals surface area (Å²) in [5.74, 6) is 1.53. The lowest BCUT2D eigenvalue weighted by Crippen LogP contribution is -2.44. The SMILES string of the molecule is COCCN(C)CC(=O)N1CCC[C@@H](c2nccn2Cc2cscn2)C1. The molecule has 3 heterocycles. The first-order valence-corrected chi connectivity index (χ1v) is 9.95. The molecule has 0 bridgehead atoms. The van der Waals surface area contributed by atoms with Crippen LogP contribution in [0.5, 0.6) is 0 Å². The number of imidazole rings is 1. The maximum absolute atomic E-state index is 12.6. The van der Waals surface area contributed by atoms with Crippen LogP contribution in [0.15, 0.2) is 23.3 Å². The van der Waals surface area contributed by atoms with E-state index in [0.29, 0.717) is 13.2 Å². The van der Waals surface area contributed by atoms with E-state index in [2.05, 4.69) is 19.9 Å². The maximum atomic E-state index is 12.6. The third-order valence-electron chi connectivity index (χ3n) is 4.79. The second-order valence-electron chi connectivity index (χ2n) is 6.80. The summed E-state index contributed by atoms with van der Waals surface area (Å²) in [6.07, 6.45) is 5.94. The van der Waals surface area contributed by atoms with Crippen LogP contribution in [0, 0.1) is 0 Å². The fraction of sp³-hybridized carbons (Fsp3) is 0.611. The Morgan fingerprint density at radius 2 is 2.35 bits per heavy atom. The molecule has 1 aliphatic rings. The second kappa shape index (κ2) is 9.25. The first kappa shape index (κ1) is 19.0. The van der Waals surface area contributed by atoms with Gasteiger partial charge in [-0.05, 0) is 19.9 Å². The Morgan fingerprint density at radius 1 is 1.46 bits per heavy atom. The Morgan fingerprint density at radius 3 is 3.12 bits per heavy atom. The molecule has 0 aliphatic carbocycles. The van der Waals surface area contributed by atoms with Crippen LogP contribution in [0.25, 0.3) is 0 Å². The molecule has 1 aliphatic heterocycles. The summed E-state index contributed by atoms with van der Waals surface area (Å²) in [5.41, 5.74) is 2.91. The molecule has 8 heteroatoms. The van der Waals surface area contributed by atoms with Crippen LogP contribution >= 0.6 is 11.3 Å². The highest BCUT2D eigenvalue weighted by molar-refractivity contribution is 7.07. The molecule has 1 fully saturated rings. The van der Waals surface area contributed by atoms with E-state index < -0.39 is 0 Å². The molecule has 1 amide bonds. The number of likely N-dealkylation sites (tertiary alicyclic amines) is 1. The molecule has 26 heavy (non-hydrogen) atoms. The molecule has 0 aromatic carbocycles. The Balaban J connectivity index is 1.60. The third kappa shape index (κ3) is 4.90. The number of likely N-dealkylation sites (N-methyl/N-ethyl adjacent to an activating group) is 1. The minimum atomic E-state index is 0.186. The van der Waals surface area contributed by atoms with Crippen LogP contribution in [0.4, 0.5) is 0 Å². The predicted octanol–water partition coefficient (Wildman–Crippen LogP) is 1.67. The molecule has 2 aromatic rings. The molecule has 0 radical (unpaired) electrons. The number of thiazole rings is 1. The number of carbonyl (C=O) groups is 1. The van der Waals surface area contributed by atoms with Gasteiger partial charge in [0.2, 0.25) is 5.91 Å². The summed E-state index contributed by atoms with van der Waals surface area (Å²) < 4.78 is 7.24. The fourth-order valence-corrected chi connectivity index (χ4v) is 3.93. The quantitative estimate of drug-likeness (QED) is 0.700. The third-order valence-corrected chi connectivity index (χ3v) is 5.42. The summed E-state index contributed by atoms with van der Waals surface area (Å²) in [6, 6.07) is 0. The number of rotatable bonds is 8. The Hall–Kier alpha value is -1.77. The predicted molar refractivity (Wildman–Crippen MR) is 101 cm³/mol. The number of ether oxygens (including phenoxy) is 1. The highest BCUT2D eigenvalue weighted by Crippen LogP contribution is 2.26. The van der Waals surface area contributed by atoms with Gasteiger partial charge in [-0.2, -0.15) is 0 Å². The summed E-state index contributed by atoms with van der Waals surface area (Å²) in [6.45, 7) is 4.15. The fourth-order valence-electron chi connectivity index (χ4n) is 3.38. The minimum absolute atomic E-state index is 0.186.